The van der Waals surface area contributed by atoms with Crippen molar-refractivity contribution >= 4 is 22.8 Å². The number of nitrogens with one attached hydrogen (secondary N) is 1. The maximum Gasteiger partial charge on any atom is 0.252 e. The Bertz CT molecular complexity index is 443. The molecule has 0 bridgehead atoms. The second-order valence-electron chi connectivity index (χ2n) is 4.77. The Morgan fingerprint density at radius 1 is 1.28 bits per heavy atom. The van der Waals surface area contributed by atoms with Gasteiger partial charge in [0.05, 0.1) is 0 Å². The summed E-state index contributed by atoms with van der Waals surface area (Å²) in [5.41, 5.74) is 1.45. The Kier molecular flexibility index (Phi) is 5.35. The molecule has 0 aliphatic carbocycles. The fraction of sp³-hybridized carbons (Fsp3) is 0.429. The molecule has 1 unspecified atom stereocenters. The molecule has 1 aromatic rings. The van der Waals surface area contributed by atoms with Crippen LogP contribution in [0.4, 0.5) is 0 Å². The van der Waals surface area contributed by atoms with Crippen molar-refractivity contribution in [3.8, 4) is 0 Å². The predicted molar refractivity (Wildman–Crippen MR) is 72.7 cm³/mol. The summed E-state index contributed by atoms with van der Waals surface area (Å²) < 4.78 is 0. The molecule has 1 rings (SSSR count). The smallest absolute Gasteiger partial charge is 0.252 e. The first-order valence-electron chi connectivity index (χ1n) is 5.97. The van der Waals surface area contributed by atoms with Gasteiger partial charge in [0.25, 0.3) is 5.91 Å². The molecule has 0 aliphatic heterocycles. The number of aryl methyl sites for hydroxylation is 1. The highest BCUT2D eigenvalue weighted by molar-refractivity contribution is 6.64. The van der Waals surface area contributed by atoms with Gasteiger partial charge in [-0.1, -0.05) is 32.0 Å². The lowest BCUT2D eigenvalue weighted by Gasteiger charge is -2.17. The highest BCUT2D eigenvalue weighted by Gasteiger charge is 2.21. The predicted octanol–water partition coefficient (Wildman–Crippen LogP) is 2.90. The second-order valence-corrected chi connectivity index (χ2v) is 5.15. The lowest BCUT2D eigenvalue weighted by Crippen LogP contribution is -2.40. The Morgan fingerprint density at radius 3 is 2.39 bits per heavy atom. The standard InChI is InChI=1S/C14H18ClNO2/c1-9(2)8-12(13(15)17)16-14(18)11-7-5-4-6-10(11)3/h4-7,9,12H,8H2,1-3H3,(H,16,18). The van der Waals surface area contributed by atoms with Gasteiger partial charge in [-0.2, -0.15) is 0 Å². The van der Waals surface area contributed by atoms with Gasteiger partial charge in [0.2, 0.25) is 5.24 Å². The third-order valence-corrected chi connectivity index (χ3v) is 2.94. The Balaban J connectivity index is 2.79. The maximum atomic E-state index is 12.0. The van der Waals surface area contributed by atoms with Gasteiger partial charge in [0, 0.05) is 5.56 Å². The van der Waals surface area contributed by atoms with Gasteiger partial charge in [-0.05, 0) is 42.5 Å². The van der Waals surface area contributed by atoms with E-state index in [-0.39, 0.29) is 11.8 Å². The molecule has 1 aromatic carbocycles. The lowest BCUT2D eigenvalue weighted by molar-refractivity contribution is -0.113. The van der Waals surface area contributed by atoms with Crippen molar-refractivity contribution in [3.63, 3.8) is 0 Å². The van der Waals surface area contributed by atoms with E-state index >= 15 is 0 Å². The first-order chi connectivity index (χ1) is 8.41. The van der Waals surface area contributed by atoms with Crippen molar-refractivity contribution < 1.29 is 9.59 Å². The van der Waals surface area contributed by atoms with Crippen LogP contribution in [0.25, 0.3) is 0 Å². The van der Waals surface area contributed by atoms with Crippen molar-refractivity contribution in [3.05, 3.63) is 35.4 Å². The topological polar surface area (TPSA) is 46.2 Å². The molecule has 1 atom stereocenters. The van der Waals surface area contributed by atoms with Gasteiger partial charge < -0.3 is 5.32 Å². The van der Waals surface area contributed by atoms with Crippen LogP contribution in [0.2, 0.25) is 0 Å². The van der Waals surface area contributed by atoms with Gasteiger partial charge >= 0.3 is 0 Å². The van der Waals surface area contributed by atoms with Gasteiger partial charge in [-0.15, -0.1) is 0 Å². The first kappa shape index (κ1) is 14.7. The van der Waals surface area contributed by atoms with E-state index in [0.717, 1.165) is 5.56 Å². The number of carbonyl (C=O) groups is 2. The average molecular weight is 268 g/mol. The van der Waals surface area contributed by atoms with Crippen LogP contribution in [0, 0.1) is 12.8 Å². The Labute approximate surface area is 113 Å². The molecular formula is C14H18ClNO2. The normalized spacial score (nSPS) is 12.3. The molecule has 0 saturated carbocycles. The van der Waals surface area contributed by atoms with Crippen LogP contribution in [0.15, 0.2) is 24.3 Å². The van der Waals surface area contributed by atoms with Crippen molar-refractivity contribution in [2.24, 2.45) is 5.92 Å². The van der Waals surface area contributed by atoms with Crippen LogP contribution in [0.3, 0.4) is 0 Å². The van der Waals surface area contributed by atoms with Crippen LogP contribution in [-0.2, 0) is 4.79 Å². The molecule has 98 valence electrons. The quantitative estimate of drug-likeness (QED) is 0.834. The molecular weight excluding hydrogens is 250 g/mol. The molecule has 0 saturated heterocycles. The number of hydrogen-bond acceptors (Lipinski definition) is 2. The van der Waals surface area contributed by atoms with Crippen molar-refractivity contribution in [1.82, 2.24) is 5.32 Å². The molecule has 18 heavy (non-hydrogen) atoms. The number of amides is 1. The molecule has 1 amide bonds. The summed E-state index contributed by atoms with van der Waals surface area (Å²) in [5.74, 6) is 0.0302. The third kappa shape index (κ3) is 4.15. The van der Waals surface area contributed by atoms with Crippen LogP contribution < -0.4 is 5.32 Å². The SMILES string of the molecule is Cc1ccccc1C(=O)NC(CC(C)C)C(=O)Cl. The molecule has 0 fully saturated rings. The molecule has 0 aliphatic rings. The minimum absolute atomic E-state index is 0.257. The average Bonchev–Trinajstić information content (AvgIpc) is 2.27. The summed E-state index contributed by atoms with van der Waals surface area (Å²) in [6, 6.07) is 6.62. The Morgan fingerprint density at radius 2 is 1.89 bits per heavy atom. The molecule has 1 N–H and O–H groups in total. The summed E-state index contributed by atoms with van der Waals surface area (Å²) >= 11 is 5.51. The van der Waals surface area contributed by atoms with Crippen molar-refractivity contribution in [2.75, 3.05) is 0 Å². The molecule has 0 spiro atoms. The molecule has 0 heterocycles. The monoisotopic (exact) mass is 267 g/mol. The van der Waals surface area contributed by atoms with Crippen LogP contribution >= 0.6 is 11.6 Å². The molecule has 0 aromatic heterocycles. The first-order valence-corrected chi connectivity index (χ1v) is 6.35. The van der Waals surface area contributed by atoms with Gasteiger partial charge in [-0.3, -0.25) is 9.59 Å². The van der Waals surface area contributed by atoms with Crippen molar-refractivity contribution in [2.45, 2.75) is 33.2 Å². The molecule has 3 nitrogen and oxygen atoms in total. The number of hydrogen-bond donors (Lipinski definition) is 1. The van der Waals surface area contributed by atoms with E-state index in [2.05, 4.69) is 5.32 Å². The minimum atomic E-state index is -0.626. The Hall–Kier alpha value is -1.35. The summed E-state index contributed by atoms with van der Waals surface area (Å²) in [5, 5.41) is 2.16. The minimum Gasteiger partial charge on any atom is -0.341 e. The number of carbonyl (C=O) groups excluding carboxylic acids is 2. The second kappa shape index (κ2) is 6.55. The number of benzene rings is 1. The van der Waals surface area contributed by atoms with E-state index in [1.165, 1.54) is 0 Å². The van der Waals surface area contributed by atoms with E-state index in [1.807, 2.05) is 32.9 Å². The highest BCUT2D eigenvalue weighted by atomic mass is 35.5. The lowest BCUT2D eigenvalue weighted by atomic mass is 10.0. The fourth-order valence-corrected chi connectivity index (χ4v) is 1.89. The zero-order valence-electron chi connectivity index (χ0n) is 10.9. The van der Waals surface area contributed by atoms with E-state index in [1.54, 1.807) is 12.1 Å². The summed E-state index contributed by atoms with van der Waals surface area (Å²) in [7, 11) is 0. The largest absolute Gasteiger partial charge is 0.341 e. The third-order valence-electron chi connectivity index (χ3n) is 2.68. The fourth-order valence-electron chi connectivity index (χ4n) is 1.74. The van der Waals surface area contributed by atoms with E-state index in [9.17, 15) is 9.59 Å². The zero-order chi connectivity index (χ0) is 13.7. The maximum absolute atomic E-state index is 12.0. The zero-order valence-corrected chi connectivity index (χ0v) is 11.6. The summed E-state index contributed by atoms with van der Waals surface area (Å²) in [4.78, 5) is 23.3. The van der Waals surface area contributed by atoms with Crippen LogP contribution in [-0.4, -0.2) is 17.2 Å². The van der Waals surface area contributed by atoms with E-state index in [0.29, 0.717) is 12.0 Å². The summed E-state index contributed by atoms with van der Waals surface area (Å²) in [6.07, 6.45) is 0.542. The van der Waals surface area contributed by atoms with Gasteiger partial charge in [0.1, 0.15) is 6.04 Å². The van der Waals surface area contributed by atoms with Gasteiger partial charge in [-0.25, -0.2) is 0 Å². The highest BCUT2D eigenvalue weighted by Crippen LogP contribution is 2.11. The number of rotatable bonds is 5. The van der Waals surface area contributed by atoms with Crippen LogP contribution in [0.5, 0.6) is 0 Å². The number of halogens is 1. The summed E-state index contributed by atoms with van der Waals surface area (Å²) in [6.45, 7) is 5.81. The van der Waals surface area contributed by atoms with Gasteiger partial charge in [0.15, 0.2) is 0 Å². The van der Waals surface area contributed by atoms with Crippen LogP contribution in [0.1, 0.15) is 36.2 Å². The molecule has 4 heteroatoms. The molecule has 0 radical (unpaired) electrons. The van der Waals surface area contributed by atoms with E-state index in [4.69, 9.17) is 11.6 Å². The van der Waals surface area contributed by atoms with E-state index < -0.39 is 11.3 Å². The van der Waals surface area contributed by atoms with Crippen molar-refractivity contribution in [1.29, 1.82) is 0 Å².